The molecule has 1 aliphatic rings. The van der Waals surface area contributed by atoms with Gasteiger partial charge < -0.3 is 20.1 Å². The number of amides is 2. The number of benzene rings is 2. The zero-order chi connectivity index (χ0) is 15.4. The van der Waals surface area contributed by atoms with Crippen LogP contribution in [0.3, 0.4) is 0 Å². The predicted octanol–water partition coefficient (Wildman–Crippen LogP) is 3.35. The quantitative estimate of drug-likeness (QED) is 0.914. The zero-order valence-electron chi connectivity index (χ0n) is 11.5. The van der Waals surface area contributed by atoms with Crippen LogP contribution in [-0.4, -0.2) is 12.8 Å². The van der Waals surface area contributed by atoms with Crippen molar-refractivity contribution in [3.05, 3.63) is 60.0 Å². The van der Waals surface area contributed by atoms with Crippen LogP contribution in [0.15, 0.2) is 48.7 Å². The highest BCUT2D eigenvalue weighted by atomic mass is 19.1. The van der Waals surface area contributed by atoms with Crippen LogP contribution in [0.1, 0.15) is 5.56 Å². The Morgan fingerprint density at radius 1 is 1.14 bits per heavy atom. The molecule has 5 nitrogen and oxygen atoms in total. The lowest BCUT2D eigenvalue weighted by molar-refractivity contribution is 0.174. The molecule has 3 rings (SSSR count). The summed E-state index contributed by atoms with van der Waals surface area (Å²) in [6.07, 6.45) is 3.04. The van der Waals surface area contributed by atoms with Gasteiger partial charge in [-0.15, -0.1) is 0 Å². The molecule has 112 valence electrons. The third-order valence-corrected chi connectivity index (χ3v) is 2.97. The first kappa shape index (κ1) is 13.9. The highest BCUT2D eigenvalue weighted by molar-refractivity contribution is 5.90. The zero-order valence-corrected chi connectivity index (χ0v) is 11.5. The Morgan fingerprint density at radius 2 is 2.00 bits per heavy atom. The molecule has 0 radical (unpaired) electrons. The van der Waals surface area contributed by atoms with Gasteiger partial charge in [0.05, 0.1) is 0 Å². The van der Waals surface area contributed by atoms with Crippen LogP contribution < -0.4 is 20.1 Å². The molecule has 1 aliphatic heterocycles. The van der Waals surface area contributed by atoms with Crippen molar-refractivity contribution in [1.82, 2.24) is 5.32 Å². The van der Waals surface area contributed by atoms with E-state index in [9.17, 15) is 9.18 Å². The van der Waals surface area contributed by atoms with Crippen molar-refractivity contribution >= 4 is 17.8 Å². The van der Waals surface area contributed by atoms with E-state index >= 15 is 0 Å². The summed E-state index contributed by atoms with van der Waals surface area (Å²) in [5.41, 5.74) is 1.24. The van der Waals surface area contributed by atoms with Crippen molar-refractivity contribution in [1.29, 1.82) is 0 Å². The van der Waals surface area contributed by atoms with E-state index in [1.807, 2.05) is 0 Å². The Hall–Kier alpha value is -3.02. The summed E-state index contributed by atoms with van der Waals surface area (Å²) in [6.45, 7) is 0.182. The average Bonchev–Trinajstić information content (AvgIpc) is 2.95. The second-order valence-electron chi connectivity index (χ2n) is 4.55. The molecule has 2 aromatic carbocycles. The van der Waals surface area contributed by atoms with Gasteiger partial charge in [0.2, 0.25) is 6.79 Å². The van der Waals surface area contributed by atoms with Crippen LogP contribution in [-0.2, 0) is 0 Å². The Kier molecular flexibility index (Phi) is 3.91. The highest BCUT2D eigenvalue weighted by Crippen LogP contribution is 2.34. The fourth-order valence-corrected chi connectivity index (χ4v) is 1.97. The number of halogens is 1. The molecule has 0 bridgehead atoms. The van der Waals surface area contributed by atoms with Crippen molar-refractivity contribution in [2.45, 2.75) is 0 Å². The van der Waals surface area contributed by atoms with Gasteiger partial charge in [0.15, 0.2) is 11.5 Å². The van der Waals surface area contributed by atoms with Crippen molar-refractivity contribution in [3.63, 3.8) is 0 Å². The lowest BCUT2D eigenvalue weighted by Gasteiger charge is -2.05. The maximum atomic E-state index is 13.0. The van der Waals surface area contributed by atoms with E-state index in [1.165, 1.54) is 18.3 Å². The summed E-state index contributed by atoms with van der Waals surface area (Å²) < 4.78 is 23.4. The van der Waals surface area contributed by atoms with E-state index in [2.05, 4.69) is 10.6 Å². The molecule has 0 saturated carbocycles. The van der Waals surface area contributed by atoms with Gasteiger partial charge in [-0.25, -0.2) is 9.18 Å². The van der Waals surface area contributed by atoms with E-state index in [0.29, 0.717) is 22.7 Å². The molecule has 22 heavy (non-hydrogen) atoms. The molecule has 6 heteroatoms. The van der Waals surface area contributed by atoms with Crippen molar-refractivity contribution < 1.29 is 18.7 Å². The van der Waals surface area contributed by atoms with E-state index < -0.39 is 6.03 Å². The Bertz CT molecular complexity index is 731. The Morgan fingerprint density at radius 3 is 2.86 bits per heavy atom. The van der Waals surface area contributed by atoms with E-state index in [1.54, 1.807) is 36.4 Å². The van der Waals surface area contributed by atoms with Crippen molar-refractivity contribution in [3.8, 4) is 11.5 Å². The number of fused-ring (bicyclic) bond motifs is 1. The van der Waals surface area contributed by atoms with Crippen LogP contribution in [0.2, 0.25) is 0 Å². The molecule has 0 fully saturated rings. The summed E-state index contributed by atoms with van der Waals surface area (Å²) in [7, 11) is 0. The molecule has 0 aliphatic carbocycles. The summed E-state index contributed by atoms with van der Waals surface area (Å²) >= 11 is 0. The van der Waals surface area contributed by atoms with Crippen LogP contribution in [0.25, 0.3) is 6.08 Å². The van der Waals surface area contributed by atoms with Crippen LogP contribution in [0, 0.1) is 5.82 Å². The van der Waals surface area contributed by atoms with E-state index in [4.69, 9.17) is 9.47 Å². The first-order valence-electron chi connectivity index (χ1n) is 6.60. The molecule has 1 heterocycles. The number of carbonyl (C=O) groups is 1. The van der Waals surface area contributed by atoms with Crippen LogP contribution in [0.5, 0.6) is 11.5 Å². The first-order chi connectivity index (χ1) is 10.7. The van der Waals surface area contributed by atoms with Gasteiger partial charge in [-0.1, -0.05) is 12.1 Å². The average molecular weight is 300 g/mol. The number of hydrogen-bond donors (Lipinski definition) is 2. The van der Waals surface area contributed by atoms with Gasteiger partial charge in [-0.2, -0.15) is 0 Å². The minimum atomic E-state index is -0.411. The third-order valence-electron chi connectivity index (χ3n) is 2.97. The van der Waals surface area contributed by atoms with Gasteiger partial charge >= 0.3 is 6.03 Å². The topological polar surface area (TPSA) is 59.6 Å². The number of ether oxygens (including phenoxy) is 2. The second-order valence-corrected chi connectivity index (χ2v) is 4.55. The molecule has 2 N–H and O–H groups in total. The summed E-state index contributed by atoms with van der Waals surface area (Å²) in [5.74, 6) is 0.914. The molecule has 2 aromatic rings. The standard InChI is InChI=1S/C16H13FN2O3/c17-12-3-1-2-11(8-12)6-7-18-16(20)19-13-4-5-14-15(9-13)22-10-21-14/h1-9H,10H2,(H2,18,19,20)/b7-6+. The monoisotopic (exact) mass is 300 g/mol. The molecule has 0 saturated heterocycles. The Balaban J connectivity index is 1.56. The van der Waals surface area contributed by atoms with Crippen molar-refractivity contribution in [2.75, 3.05) is 12.1 Å². The summed E-state index contributed by atoms with van der Waals surface area (Å²) in [6, 6.07) is 10.8. The smallest absolute Gasteiger partial charge is 0.323 e. The summed E-state index contributed by atoms with van der Waals surface area (Å²) in [5, 5.41) is 5.20. The van der Waals surface area contributed by atoms with Crippen molar-refractivity contribution in [2.24, 2.45) is 0 Å². The molecule has 0 aromatic heterocycles. The van der Waals surface area contributed by atoms with Gasteiger partial charge in [-0.05, 0) is 35.9 Å². The molecular weight excluding hydrogens is 287 g/mol. The number of nitrogens with one attached hydrogen (secondary N) is 2. The van der Waals surface area contributed by atoms with Crippen LogP contribution in [0.4, 0.5) is 14.9 Å². The predicted molar refractivity (Wildman–Crippen MR) is 80.2 cm³/mol. The number of urea groups is 1. The molecule has 2 amide bonds. The number of hydrogen-bond acceptors (Lipinski definition) is 3. The fourth-order valence-electron chi connectivity index (χ4n) is 1.97. The molecule has 0 atom stereocenters. The number of anilines is 1. The summed E-state index contributed by atoms with van der Waals surface area (Å²) in [4.78, 5) is 11.8. The largest absolute Gasteiger partial charge is 0.454 e. The van der Waals surface area contributed by atoms with Gasteiger partial charge in [0.25, 0.3) is 0 Å². The first-order valence-corrected chi connectivity index (χ1v) is 6.60. The second kappa shape index (κ2) is 6.17. The van der Waals surface area contributed by atoms with Crippen LogP contribution >= 0.6 is 0 Å². The molecular formula is C16H13FN2O3. The minimum Gasteiger partial charge on any atom is -0.454 e. The van der Waals surface area contributed by atoms with E-state index in [0.717, 1.165) is 0 Å². The van der Waals surface area contributed by atoms with Gasteiger partial charge in [0.1, 0.15) is 5.82 Å². The lowest BCUT2D eigenvalue weighted by atomic mass is 10.2. The maximum Gasteiger partial charge on any atom is 0.323 e. The molecule has 0 spiro atoms. The third kappa shape index (κ3) is 3.35. The van der Waals surface area contributed by atoms with E-state index in [-0.39, 0.29) is 12.6 Å². The highest BCUT2D eigenvalue weighted by Gasteiger charge is 2.13. The fraction of sp³-hybridized carbons (Fsp3) is 0.0625. The minimum absolute atomic E-state index is 0.182. The SMILES string of the molecule is O=C(N/C=C/c1cccc(F)c1)Nc1ccc2c(c1)OCO2. The normalized spacial score (nSPS) is 12.4. The molecule has 0 unspecified atom stereocenters. The number of carbonyl (C=O) groups excluding carboxylic acids is 1. The Labute approximate surface area is 126 Å². The lowest BCUT2D eigenvalue weighted by Crippen LogP contribution is -2.23. The maximum absolute atomic E-state index is 13.0. The van der Waals surface area contributed by atoms with Gasteiger partial charge in [-0.3, -0.25) is 0 Å². The van der Waals surface area contributed by atoms with Gasteiger partial charge in [0, 0.05) is 18.0 Å². The number of rotatable bonds is 3.